The van der Waals surface area contributed by atoms with E-state index in [4.69, 9.17) is 0 Å². The Morgan fingerprint density at radius 2 is 2.12 bits per heavy atom. The van der Waals surface area contributed by atoms with Gasteiger partial charge in [-0.2, -0.15) is 0 Å². The fourth-order valence-corrected chi connectivity index (χ4v) is 0.517. The largest absolute Gasteiger partial charge is 0.259 e. The van der Waals surface area contributed by atoms with E-state index in [9.17, 15) is 4.91 Å². The Labute approximate surface area is 49.6 Å². The van der Waals surface area contributed by atoms with Crippen LogP contribution in [0.1, 0.15) is 20.8 Å². The van der Waals surface area contributed by atoms with Gasteiger partial charge in [0, 0.05) is 12.6 Å². The third kappa shape index (κ3) is 1.91. The molecule has 0 bridgehead atoms. The molecule has 0 aliphatic heterocycles. The Kier molecular flexibility index (Phi) is 3.15. The molecule has 8 heavy (non-hydrogen) atoms. The highest BCUT2D eigenvalue weighted by Gasteiger charge is 2.01. The molecule has 0 N–H and O–H groups in total. The first kappa shape index (κ1) is 7.40. The van der Waals surface area contributed by atoms with E-state index in [0.29, 0.717) is 6.54 Å². The first-order valence-electron chi connectivity index (χ1n) is 2.82. The molecule has 0 aromatic rings. The molecule has 0 fully saturated rings. The summed E-state index contributed by atoms with van der Waals surface area (Å²) in [5, 5.41) is 4.28. The minimum absolute atomic E-state index is 0.234. The van der Waals surface area contributed by atoms with Gasteiger partial charge >= 0.3 is 0 Å². The zero-order valence-electron chi connectivity index (χ0n) is 5.59. The van der Waals surface area contributed by atoms with Crippen LogP contribution in [0.25, 0.3) is 0 Å². The predicted molar refractivity (Wildman–Crippen MR) is 33.3 cm³/mol. The summed E-state index contributed by atoms with van der Waals surface area (Å²) in [7, 11) is 0. The molecule has 3 heteroatoms. The van der Waals surface area contributed by atoms with Crippen molar-refractivity contribution in [2.24, 2.45) is 5.29 Å². The molecular weight excluding hydrogens is 104 g/mol. The van der Waals surface area contributed by atoms with Gasteiger partial charge in [-0.3, -0.25) is 5.01 Å². The predicted octanol–water partition coefficient (Wildman–Crippen LogP) is 1.40. The summed E-state index contributed by atoms with van der Waals surface area (Å²) in [6.07, 6.45) is 0. The minimum atomic E-state index is 0.234. The lowest BCUT2D eigenvalue weighted by Gasteiger charge is -2.15. The Balaban J connectivity index is 3.51. The summed E-state index contributed by atoms with van der Waals surface area (Å²) in [6.45, 7) is 6.47. The third-order valence-corrected chi connectivity index (χ3v) is 1.02. The molecule has 0 unspecified atom stereocenters. The molecule has 3 nitrogen and oxygen atoms in total. The molecular formula is C5H12N2O. The highest BCUT2D eigenvalue weighted by molar-refractivity contribution is 4.52. The van der Waals surface area contributed by atoms with Crippen molar-refractivity contribution >= 4 is 0 Å². The van der Waals surface area contributed by atoms with Crippen LogP contribution in [0.5, 0.6) is 0 Å². The monoisotopic (exact) mass is 116 g/mol. The van der Waals surface area contributed by atoms with Crippen LogP contribution in [0.3, 0.4) is 0 Å². The number of hydrogen-bond acceptors (Lipinski definition) is 2. The molecule has 0 saturated heterocycles. The molecule has 0 aromatic heterocycles. The lowest BCUT2D eigenvalue weighted by Crippen LogP contribution is -2.23. The third-order valence-electron chi connectivity index (χ3n) is 1.02. The van der Waals surface area contributed by atoms with E-state index in [1.54, 1.807) is 0 Å². The second-order valence-corrected chi connectivity index (χ2v) is 1.93. The van der Waals surface area contributed by atoms with E-state index < -0.39 is 0 Å². The number of rotatable bonds is 3. The number of nitrogens with zero attached hydrogens (tertiary/aromatic N) is 2. The summed E-state index contributed by atoms with van der Waals surface area (Å²) >= 11 is 0. The smallest absolute Gasteiger partial charge is 0.0526 e. The van der Waals surface area contributed by atoms with E-state index >= 15 is 0 Å². The highest BCUT2D eigenvalue weighted by Crippen LogP contribution is 1.95. The molecule has 0 rings (SSSR count). The highest BCUT2D eigenvalue weighted by atomic mass is 16.3. The van der Waals surface area contributed by atoms with Crippen LogP contribution >= 0.6 is 0 Å². The van der Waals surface area contributed by atoms with Crippen molar-refractivity contribution in [1.29, 1.82) is 0 Å². The molecule has 0 aromatic carbocycles. The van der Waals surface area contributed by atoms with E-state index in [2.05, 4.69) is 5.29 Å². The summed E-state index contributed by atoms with van der Waals surface area (Å²) in [5.41, 5.74) is 0. The Morgan fingerprint density at radius 1 is 1.62 bits per heavy atom. The van der Waals surface area contributed by atoms with Crippen LogP contribution in [-0.4, -0.2) is 17.6 Å². The van der Waals surface area contributed by atoms with Gasteiger partial charge in [0.15, 0.2) is 0 Å². The average molecular weight is 116 g/mol. The molecule has 0 heterocycles. The van der Waals surface area contributed by atoms with Gasteiger partial charge in [-0.15, -0.1) is 4.91 Å². The van der Waals surface area contributed by atoms with Crippen LogP contribution in [-0.2, 0) is 0 Å². The van der Waals surface area contributed by atoms with Crippen LogP contribution < -0.4 is 0 Å². The number of hydrogen-bond donors (Lipinski definition) is 0. The van der Waals surface area contributed by atoms with E-state index in [0.717, 1.165) is 0 Å². The van der Waals surface area contributed by atoms with Gasteiger partial charge in [-0.05, 0) is 20.8 Å². The fourth-order valence-electron chi connectivity index (χ4n) is 0.517. The van der Waals surface area contributed by atoms with Crippen molar-refractivity contribution in [1.82, 2.24) is 5.01 Å². The zero-order valence-corrected chi connectivity index (χ0v) is 5.59. The maximum atomic E-state index is 9.85. The van der Waals surface area contributed by atoms with Crippen molar-refractivity contribution in [2.45, 2.75) is 26.8 Å². The molecule has 0 radical (unpaired) electrons. The van der Waals surface area contributed by atoms with Gasteiger partial charge in [-0.25, -0.2) is 0 Å². The number of nitroso groups, excluding NO2 is 1. The van der Waals surface area contributed by atoms with Crippen LogP contribution in [0.15, 0.2) is 5.29 Å². The second kappa shape index (κ2) is 3.41. The van der Waals surface area contributed by atoms with Crippen LogP contribution in [0.4, 0.5) is 0 Å². The van der Waals surface area contributed by atoms with E-state index in [-0.39, 0.29) is 6.04 Å². The van der Waals surface area contributed by atoms with Gasteiger partial charge < -0.3 is 0 Å². The fraction of sp³-hybridized carbons (Fsp3) is 1.00. The molecule has 0 amide bonds. The van der Waals surface area contributed by atoms with Crippen molar-refractivity contribution in [2.75, 3.05) is 6.54 Å². The molecule has 48 valence electrons. The lowest BCUT2D eigenvalue weighted by molar-refractivity contribution is 0.241. The first-order chi connectivity index (χ1) is 3.72. The minimum Gasteiger partial charge on any atom is -0.259 e. The molecule has 0 saturated carbocycles. The summed E-state index contributed by atoms with van der Waals surface area (Å²) < 4.78 is 0. The molecule has 0 spiro atoms. The quantitative estimate of drug-likeness (QED) is 0.412. The molecule has 0 aliphatic rings. The van der Waals surface area contributed by atoms with Crippen LogP contribution in [0, 0.1) is 4.91 Å². The van der Waals surface area contributed by atoms with Gasteiger partial charge in [0.1, 0.15) is 0 Å². The van der Waals surface area contributed by atoms with Gasteiger partial charge in [-0.1, -0.05) is 0 Å². The maximum Gasteiger partial charge on any atom is 0.0526 e. The van der Waals surface area contributed by atoms with Crippen molar-refractivity contribution < 1.29 is 0 Å². The molecule has 0 atom stereocenters. The zero-order chi connectivity index (χ0) is 6.57. The average Bonchev–Trinajstić information content (AvgIpc) is 1.69. The Hall–Kier alpha value is -0.600. The Bertz CT molecular complexity index is 72.8. The summed E-state index contributed by atoms with van der Waals surface area (Å²) in [6, 6.07) is 0.234. The van der Waals surface area contributed by atoms with Gasteiger partial charge in [0.25, 0.3) is 0 Å². The SMILES string of the molecule is CCN(N=O)C(C)C. The lowest BCUT2D eigenvalue weighted by atomic mass is 10.4. The van der Waals surface area contributed by atoms with Gasteiger partial charge in [0.2, 0.25) is 0 Å². The van der Waals surface area contributed by atoms with Crippen molar-refractivity contribution in [3.63, 3.8) is 0 Å². The topological polar surface area (TPSA) is 32.7 Å². The van der Waals surface area contributed by atoms with Crippen LogP contribution in [0.2, 0.25) is 0 Å². The summed E-state index contributed by atoms with van der Waals surface area (Å²) in [5.74, 6) is 0. The summed E-state index contributed by atoms with van der Waals surface area (Å²) in [4.78, 5) is 9.85. The van der Waals surface area contributed by atoms with E-state index in [1.165, 1.54) is 5.01 Å². The molecule has 0 aliphatic carbocycles. The van der Waals surface area contributed by atoms with Gasteiger partial charge in [0.05, 0.1) is 5.29 Å². The maximum absolute atomic E-state index is 9.85. The second-order valence-electron chi connectivity index (χ2n) is 1.93. The van der Waals surface area contributed by atoms with Crippen molar-refractivity contribution in [3.05, 3.63) is 4.91 Å². The Morgan fingerprint density at radius 3 is 2.12 bits per heavy atom. The van der Waals surface area contributed by atoms with Crippen molar-refractivity contribution in [3.8, 4) is 0 Å². The standard InChI is InChI=1S/C5H12N2O/c1-4-7(6-8)5(2)3/h5H,4H2,1-3H3. The first-order valence-corrected chi connectivity index (χ1v) is 2.82. The normalized spacial score (nSPS) is 9.50. The van der Waals surface area contributed by atoms with E-state index in [1.807, 2.05) is 20.8 Å².